The summed E-state index contributed by atoms with van der Waals surface area (Å²) in [6.07, 6.45) is 0. The minimum Gasteiger partial charge on any atom is -0.465 e. The molecule has 0 fully saturated rings. The molecule has 0 saturated carbocycles. The molecule has 15 nitrogen and oxygen atoms in total. The maximum Gasteiger partial charge on any atom is 0.340 e. The van der Waals surface area contributed by atoms with E-state index < -0.39 is 43.1 Å². The Morgan fingerprint density at radius 3 is 2.29 bits per heavy atom. The highest BCUT2D eigenvalue weighted by molar-refractivity contribution is 7.91. The van der Waals surface area contributed by atoms with Crippen LogP contribution in [0.2, 0.25) is 0 Å². The summed E-state index contributed by atoms with van der Waals surface area (Å²) >= 11 is 0. The zero-order chi connectivity index (χ0) is 30.2. The van der Waals surface area contributed by atoms with Crippen molar-refractivity contribution in [1.82, 2.24) is 0 Å². The molecule has 0 radical (unpaired) electrons. The Bertz CT molecular complexity index is 1710. The fourth-order valence-electron chi connectivity index (χ4n) is 3.40. The van der Waals surface area contributed by atoms with Gasteiger partial charge in [-0.05, 0) is 36.4 Å². The summed E-state index contributed by atoms with van der Waals surface area (Å²) in [5, 5.41) is 27.7. The Hall–Kier alpha value is -4.45. The van der Waals surface area contributed by atoms with Gasteiger partial charge < -0.3 is 26.6 Å². The second-order valence-corrected chi connectivity index (χ2v) is 12.0. The second kappa shape index (κ2) is 13.3. The van der Waals surface area contributed by atoms with Gasteiger partial charge >= 0.3 is 5.97 Å². The average molecular weight is 606 g/mol. The van der Waals surface area contributed by atoms with E-state index in [-0.39, 0.29) is 52.1 Å². The minimum absolute atomic E-state index is 0.0706. The van der Waals surface area contributed by atoms with Crippen molar-refractivity contribution in [3.63, 3.8) is 0 Å². The van der Waals surface area contributed by atoms with Gasteiger partial charge in [-0.3, -0.25) is 4.55 Å². The van der Waals surface area contributed by atoms with E-state index in [9.17, 15) is 26.2 Å². The van der Waals surface area contributed by atoms with E-state index in [0.717, 1.165) is 6.07 Å². The summed E-state index contributed by atoms with van der Waals surface area (Å²) < 4.78 is 62.0. The molecule has 0 aromatic heterocycles. The van der Waals surface area contributed by atoms with Gasteiger partial charge in [-0.25, -0.2) is 13.2 Å². The van der Waals surface area contributed by atoms with Crippen molar-refractivity contribution in [2.45, 2.75) is 4.90 Å². The molecule has 7 N–H and O–H groups in total. The molecule has 0 aliphatic rings. The van der Waals surface area contributed by atoms with Gasteiger partial charge in [0.1, 0.15) is 22.0 Å². The van der Waals surface area contributed by atoms with Gasteiger partial charge in [-0.1, -0.05) is 18.2 Å². The van der Waals surface area contributed by atoms with Crippen LogP contribution in [0.4, 0.5) is 39.8 Å². The van der Waals surface area contributed by atoms with Gasteiger partial charge in [0.15, 0.2) is 9.84 Å². The molecule has 0 aliphatic carbocycles. The van der Waals surface area contributed by atoms with Crippen LogP contribution < -0.4 is 16.8 Å². The van der Waals surface area contributed by atoms with Crippen LogP contribution in [0.15, 0.2) is 79.9 Å². The number of rotatable bonds is 12. The number of aliphatic hydroxyl groups is 1. The highest BCUT2D eigenvalue weighted by atomic mass is 32.2. The van der Waals surface area contributed by atoms with E-state index >= 15 is 0 Å². The van der Waals surface area contributed by atoms with Crippen LogP contribution in [0, 0.1) is 0 Å². The summed E-state index contributed by atoms with van der Waals surface area (Å²) in [4.78, 5) is 11.3. The Labute approximate surface area is 235 Å². The number of nitrogen functional groups attached to an aromatic ring is 2. The maximum atomic E-state index is 12.0. The number of sulfone groups is 1. The molecule has 3 aromatic rings. The zero-order valence-corrected chi connectivity index (χ0v) is 23.3. The number of carbonyl (C=O) groups excluding carboxylic acids is 1. The molecular formula is C24H27N7O8S2. The van der Waals surface area contributed by atoms with Crippen molar-refractivity contribution in [3.8, 4) is 0 Å². The molecule has 0 spiro atoms. The van der Waals surface area contributed by atoms with E-state index in [1.165, 1.54) is 19.2 Å². The first kappa shape index (κ1) is 31.1. The number of esters is 1. The van der Waals surface area contributed by atoms with Crippen LogP contribution >= 0.6 is 0 Å². The molecule has 0 bridgehead atoms. The number of nitrogens with one attached hydrogen (secondary N) is 1. The largest absolute Gasteiger partial charge is 0.465 e. The lowest BCUT2D eigenvalue weighted by molar-refractivity contribution is 0.0601. The molecule has 0 aliphatic heterocycles. The number of hydrogen-bond acceptors (Lipinski definition) is 14. The van der Waals surface area contributed by atoms with Crippen LogP contribution in [0.3, 0.4) is 0 Å². The first-order valence-electron chi connectivity index (χ1n) is 11.7. The smallest absolute Gasteiger partial charge is 0.340 e. The van der Waals surface area contributed by atoms with Crippen molar-refractivity contribution in [1.29, 1.82) is 0 Å². The summed E-state index contributed by atoms with van der Waals surface area (Å²) in [6.45, 7) is -0.380. The van der Waals surface area contributed by atoms with Crippen molar-refractivity contribution < 1.29 is 36.0 Å². The van der Waals surface area contributed by atoms with Gasteiger partial charge in [0.25, 0.3) is 10.1 Å². The summed E-state index contributed by atoms with van der Waals surface area (Å²) in [5.41, 5.74) is 11.8. The zero-order valence-electron chi connectivity index (χ0n) is 21.6. The Morgan fingerprint density at radius 2 is 1.61 bits per heavy atom. The first-order valence-corrected chi connectivity index (χ1v) is 15.0. The number of anilines is 3. The molecule has 218 valence electrons. The molecule has 0 saturated heterocycles. The molecule has 0 amide bonds. The van der Waals surface area contributed by atoms with Gasteiger partial charge in [0.2, 0.25) is 0 Å². The third-order valence-corrected chi connectivity index (χ3v) is 7.95. The van der Waals surface area contributed by atoms with E-state index in [4.69, 9.17) is 21.3 Å². The molecule has 0 unspecified atom stereocenters. The lowest BCUT2D eigenvalue weighted by atomic mass is 10.2. The van der Waals surface area contributed by atoms with Crippen LogP contribution in [0.5, 0.6) is 0 Å². The normalized spacial score (nSPS) is 12.2. The fourth-order valence-corrected chi connectivity index (χ4v) is 4.93. The van der Waals surface area contributed by atoms with E-state index in [1.54, 1.807) is 36.4 Å². The van der Waals surface area contributed by atoms with Gasteiger partial charge in [-0.15, -0.1) is 15.3 Å². The highest BCUT2D eigenvalue weighted by Crippen LogP contribution is 2.43. The summed E-state index contributed by atoms with van der Waals surface area (Å²) in [5.74, 6) is -1.22. The van der Waals surface area contributed by atoms with E-state index in [1.807, 2.05) is 0 Å². The number of carbonyl (C=O) groups is 1. The van der Waals surface area contributed by atoms with Crippen molar-refractivity contribution in [2.24, 2.45) is 20.5 Å². The minimum atomic E-state index is -4.85. The molecule has 41 heavy (non-hydrogen) atoms. The Balaban J connectivity index is 1.96. The molecule has 3 rings (SSSR count). The number of nitrogens with zero attached hydrogens (tertiary/aromatic N) is 4. The Kier molecular flexibility index (Phi) is 10.1. The summed E-state index contributed by atoms with van der Waals surface area (Å²) in [7, 11) is -7.07. The van der Waals surface area contributed by atoms with E-state index in [0.29, 0.717) is 5.69 Å². The lowest BCUT2D eigenvalue weighted by Gasteiger charge is -2.11. The topological polar surface area (TPSA) is 249 Å². The van der Waals surface area contributed by atoms with Crippen LogP contribution in [-0.2, 0) is 24.7 Å². The van der Waals surface area contributed by atoms with Gasteiger partial charge in [0, 0.05) is 12.2 Å². The standard InChI is InChI=1S/C24H27N7O8S2/c1-39-24(33)17-7-2-3-8-18(17)29-31-23-21(25)19(14-20(22(23)26)41(36,37)38)30-28-16-6-4-5-15(13-16)27-9-11-40(34,35)12-10-32/h2-8,13-14,27,32H,9-12,25-26H2,1H3,(H,36,37,38). The van der Waals surface area contributed by atoms with Gasteiger partial charge in [0.05, 0.1) is 47.8 Å². The third kappa shape index (κ3) is 8.27. The number of nitrogens with two attached hydrogens (primary N) is 2. The first-order chi connectivity index (χ1) is 19.4. The van der Waals surface area contributed by atoms with Crippen molar-refractivity contribution in [3.05, 3.63) is 60.2 Å². The molecule has 17 heteroatoms. The van der Waals surface area contributed by atoms with Crippen molar-refractivity contribution in [2.75, 3.05) is 48.6 Å². The predicted molar refractivity (Wildman–Crippen MR) is 152 cm³/mol. The van der Waals surface area contributed by atoms with Crippen LogP contribution in [0.25, 0.3) is 0 Å². The van der Waals surface area contributed by atoms with Crippen LogP contribution in [0.1, 0.15) is 10.4 Å². The second-order valence-electron chi connectivity index (χ2n) is 8.31. The molecule has 0 heterocycles. The molecule has 0 atom stereocenters. The molecule has 3 aromatic carbocycles. The van der Waals surface area contributed by atoms with Crippen molar-refractivity contribution >= 4 is 65.7 Å². The number of hydrogen-bond donors (Lipinski definition) is 5. The quantitative estimate of drug-likeness (QED) is 0.0864. The Morgan fingerprint density at radius 1 is 0.902 bits per heavy atom. The highest BCUT2D eigenvalue weighted by Gasteiger charge is 2.23. The number of azo groups is 2. The summed E-state index contributed by atoms with van der Waals surface area (Å²) in [6, 6.07) is 13.4. The third-order valence-electron chi connectivity index (χ3n) is 5.43. The lowest BCUT2D eigenvalue weighted by Crippen LogP contribution is -2.20. The van der Waals surface area contributed by atoms with Crippen LogP contribution in [-0.4, -0.2) is 64.2 Å². The average Bonchev–Trinajstić information content (AvgIpc) is 2.91. The SMILES string of the molecule is COC(=O)c1ccccc1N=Nc1c(N)c(N=Nc2cccc(NCCS(=O)(=O)CCO)c2)cc(S(=O)(=O)O)c1N. The van der Waals surface area contributed by atoms with E-state index in [2.05, 4.69) is 25.8 Å². The maximum absolute atomic E-state index is 12.0. The number of aliphatic hydroxyl groups excluding tert-OH is 1. The monoisotopic (exact) mass is 605 g/mol. The number of methoxy groups -OCH3 is 1. The van der Waals surface area contributed by atoms with Gasteiger partial charge in [-0.2, -0.15) is 13.5 Å². The molecular weight excluding hydrogens is 578 g/mol. The fraction of sp³-hybridized carbons (Fsp3) is 0.208. The predicted octanol–water partition coefficient (Wildman–Crippen LogP) is 3.53. The number of ether oxygens (including phenoxy) is 1. The number of benzene rings is 3.